The van der Waals surface area contributed by atoms with Crippen LogP contribution in [-0.2, 0) is 19.8 Å². The first-order valence-electron chi connectivity index (χ1n) is 3.16. The van der Waals surface area contributed by atoms with Crippen LogP contribution in [0.25, 0.3) is 0 Å². The summed E-state index contributed by atoms with van der Waals surface area (Å²) in [6.45, 7) is 1.30. The molecule has 0 saturated heterocycles. The average molecular weight is 221 g/mol. The summed E-state index contributed by atoms with van der Waals surface area (Å²) in [5.74, 6) is -1.15. The van der Waals surface area contributed by atoms with Gasteiger partial charge in [-0.15, -0.1) is 0 Å². The Balaban J connectivity index is 0. The Morgan fingerprint density at radius 2 is 2.08 bits per heavy atom. The summed E-state index contributed by atoms with van der Waals surface area (Å²) in [6, 6.07) is 0. The van der Waals surface area contributed by atoms with Gasteiger partial charge in [-0.2, -0.15) is 13.1 Å². The number of methoxy groups -OCH3 is 1. The molecule has 1 atom stereocenters. The molecular weight excluding hydrogens is 209 g/mol. The number of nitrogens with one attached hydrogen (secondary N) is 1. The number of carbonyl (C=O) groups excluding carboxylic acids is 1. The normalized spacial score (nSPS) is 12.8. The Morgan fingerprint density at radius 3 is 2.38 bits per heavy atom. The molecule has 0 unspecified atom stereocenters. The van der Waals surface area contributed by atoms with E-state index in [0.717, 1.165) is 0 Å². The van der Waals surface area contributed by atoms with Crippen LogP contribution >= 0.6 is 0 Å². The van der Waals surface area contributed by atoms with E-state index >= 15 is 0 Å². The van der Waals surface area contributed by atoms with Crippen LogP contribution in [0.2, 0.25) is 0 Å². The topological polar surface area (TPSA) is 92.7 Å². The van der Waals surface area contributed by atoms with Crippen LogP contribution in [0.15, 0.2) is 0 Å². The number of hydrogen-bond acceptors (Lipinski definition) is 4. The molecule has 0 aliphatic rings. The molecule has 0 aliphatic carbocycles. The standard InChI is InChI=1S/C5H11NO5S.Na.H/c1-4(5(7)11-2)3-6-12(8,9)10;;/h4,6H,3H2,1-2H3,(H,8,9,10);;/t4-;;/m0../s1. The molecule has 8 heteroatoms. The van der Waals surface area contributed by atoms with E-state index in [9.17, 15) is 13.2 Å². The van der Waals surface area contributed by atoms with Gasteiger partial charge < -0.3 is 4.74 Å². The predicted molar refractivity (Wildman–Crippen MR) is 47.9 cm³/mol. The summed E-state index contributed by atoms with van der Waals surface area (Å²) >= 11 is 0. The molecule has 0 radical (unpaired) electrons. The fourth-order valence-corrected chi connectivity index (χ4v) is 0.975. The molecule has 0 aromatic carbocycles. The molecule has 0 rings (SSSR count). The SMILES string of the molecule is COC(=O)[C@@H](C)CNS(=O)(=O)O.[NaH]. The number of rotatable bonds is 4. The fourth-order valence-electron chi connectivity index (χ4n) is 0.515. The Labute approximate surface area is 99.2 Å². The van der Waals surface area contributed by atoms with Crippen LogP contribution in [0.1, 0.15) is 6.92 Å². The third kappa shape index (κ3) is 8.66. The first-order valence-corrected chi connectivity index (χ1v) is 4.60. The maximum atomic E-state index is 10.7. The van der Waals surface area contributed by atoms with Gasteiger partial charge in [0, 0.05) is 6.54 Å². The van der Waals surface area contributed by atoms with Gasteiger partial charge in [0.15, 0.2) is 0 Å². The first-order chi connectivity index (χ1) is 5.37. The first kappa shape index (κ1) is 15.8. The maximum absolute atomic E-state index is 10.7. The number of esters is 1. The molecule has 0 aliphatic heterocycles. The van der Waals surface area contributed by atoms with Crippen molar-refractivity contribution in [3.05, 3.63) is 0 Å². The van der Waals surface area contributed by atoms with Crippen LogP contribution < -0.4 is 4.72 Å². The minimum absolute atomic E-state index is 0. The number of hydrogen-bond donors (Lipinski definition) is 2. The van der Waals surface area contributed by atoms with Crippen molar-refractivity contribution >= 4 is 45.8 Å². The van der Waals surface area contributed by atoms with Crippen molar-refractivity contribution in [3.63, 3.8) is 0 Å². The second-order valence-corrected chi connectivity index (χ2v) is 3.49. The van der Waals surface area contributed by atoms with E-state index in [0.29, 0.717) is 0 Å². The zero-order valence-electron chi connectivity index (χ0n) is 6.77. The summed E-state index contributed by atoms with van der Waals surface area (Å²) in [6.07, 6.45) is 0. The van der Waals surface area contributed by atoms with Crippen LogP contribution in [0.3, 0.4) is 0 Å². The molecule has 6 nitrogen and oxygen atoms in total. The van der Waals surface area contributed by atoms with Gasteiger partial charge in [-0.25, -0.2) is 0 Å². The van der Waals surface area contributed by atoms with Gasteiger partial charge in [0.1, 0.15) is 0 Å². The van der Waals surface area contributed by atoms with E-state index in [1.54, 1.807) is 4.72 Å². The molecule has 0 heterocycles. The Morgan fingerprint density at radius 1 is 1.62 bits per heavy atom. The Hall–Kier alpha value is 0.340. The van der Waals surface area contributed by atoms with Gasteiger partial charge in [0.25, 0.3) is 0 Å². The number of ether oxygens (including phenoxy) is 1. The van der Waals surface area contributed by atoms with E-state index in [1.165, 1.54) is 14.0 Å². The van der Waals surface area contributed by atoms with Crippen LogP contribution in [0.4, 0.5) is 0 Å². The van der Waals surface area contributed by atoms with E-state index in [-0.39, 0.29) is 36.1 Å². The van der Waals surface area contributed by atoms with E-state index in [2.05, 4.69) is 4.74 Å². The minimum atomic E-state index is -4.22. The zero-order valence-corrected chi connectivity index (χ0v) is 7.59. The molecule has 0 bridgehead atoms. The van der Waals surface area contributed by atoms with E-state index < -0.39 is 22.2 Å². The van der Waals surface area contributed by atoms with Crippen LogP contribution in [-0.4, -0.2) is 62.2 Å². The van der Waals surface area contributed by atoms with E-state index in [1.807, 2.05) is 0 Å². The van der Waals surface area contributed by atoms with Crippen molar-refractivity contribution in [2.75, 3.05) is 13.7 Å². The predicted octanol–water partition coefficient (Wildman–Crippen LogP) is -1.46. The van der Waals surface area contributed by atoms with Gasteiger partial charge in [0.05, 0.1) is 13.0 Å². The third-order valence-electron chi connectivity index (χ3n) is 1.18. The summed E-state index contributed by atoms with van der Waals surface area (Å²) in [5, 5.41) is 0. The molecule has 0 fully saturated rings. The summed E-state index contributed by atoms with van der Waals surface area (Å²) in [4.78, 5) is 10.7. The van der Waals surface area contributed by atoms with Crippen molar-refractivity contribution in [3.8, 4) is 0 Å². The van der Waals surface area contributed by atoms with Crippen LogP contribution in [0.5, 0.6) is 0 Å². The fraction of sp³-hybridized carbons (Fsp3) is 0.800. The third-order valence-corrected chi connectivity index (χ3v) is 1.71. The molecule has 0 spiro atoms. The average Bonchev–Trinajstić information content (AvgIpc) is 1.97. The summed E-state index contributed by atoms with van der Waals surface area (Å²) in [5.41, 5.74) is 0. The zero-order chi connectivity index (χ0) is 9.78. The van der Waals surface area contributed by atoms with Crippen molar-refractivity contribution in [2.24, 2.45) is 5.92 Å². The quantitative estimate of drug-likeness (QED) is 0.344. The van der Waals surface area contributed by atoms with Gasteiger partial charge in [0.2, 0.25) is 0 Å². The molecule has 13 heavy (non-hydrogen) atoms. The van der Waals surface area contributed by atoms with Gasteiger partial charge in [-0.1, -0.05) is 6.92 Å². The van der Waals surface area contributed by atoms with Gasteiger partial charge >= 0.3 is 45.8 Å². The van der Waals surface area contributed by atoms with Gasteiger partial charge in [-0.3, -0.25) is 9.35 Å². The second-order valence-electron chi connectivity index (χ2n) is 2.25. The molecule has 0 saturated carbocycles. The van der Waals surface area contributed by atoms with Crippen molar-refractivity contribution in [1.29, 1.82) is 0 Å². The van der Waals surface area contributed by atoms with Crippen LogP contribution in [0, 0.1) is 5.92 Å². The molecule has 74 valence electrons. The second kappa shape index (κ2) is 6.74. The van der Waals surface area contributed by atoms with Crippen molar-refractivity contribution in [1.82, 2.24) is 4.72 Å². The van der Waals surface area contributed by atoms with Crippen molar-refractivity contribution < 1.29 is 22.5 Å². The monoisotopic (exact) mass is 221 g/mol. The Kier molecular flexibility index (Phi) is 8.19. The molecule has 0 aromatic heterocycles. The molecule has 2 N–H and O–H groups in total. The molecular formula is C5H12NNaO5S. The summed E-state index contributed by atoms with van der Waals surface area (Å²) < 4.78 is 34.6. The van der Waals surface area contributed by atoms with Crippen molar-refractivity contribution in [2.45, 2.75) is 6.92 Å². The molecule has 0 amide bonds. The summed E-state index contributed by atoms with van der Waals surface area (Å²) in [7, 11) is -3.02. The van der Waals surface area contributed by atoms with Gasteiger partial charge in [-0.05, 0) is 0 Å². The Bertz CT molecular complexity index is 252. The number of carbonyl (C=O) groups is 1. The molecule has 0 aromatic rings. The van der Waals surface area contributed by atoms with E-state index in [4.69, 9.17) is 4.55 Å².